The summed E-state index contributed by atoms with van der Waals surface area (Å²) in [5.74, 6) is 0. The van der Waals surface area contributed by atoms with Gasteiger partial charge >= 0.3 is 6.18 Å². The number of hydrogen-bond acceptors (Lipinski definition) is 2. The van der Waals surface area contributed by atoms with Crippen LogP contribution in [0.25, 0.3) is 33.6 Å². The normalized spacial score (nSPS) is 10.5. The first-order chi connectivity index (χ1) is 16.5. The fourth-order valence-electron chi connectivity index (χ4n) is 3.21. The largest absolute Gasteiger partial charge is 0.399 e. The van der Waals surface area contributed by atoms with Crippen LogP contribution >= 0.6 is 0 Å². The second-order valence-electron chi connectivity index (χ2n) is 7.27. The van der Waals surface area contributed by atoms with E-state index >= 15 is 0 Å². The molecule has 2 heterocycles. The zero-order valence-electron chi connectivity index (χ0n) is 18.3. The van der Waals surface area contributed by atoms with Gasteiger partial charge in [-0.3, -0.25) is 0 Å². The molecule has 0 aliphatic rings. The molecule has 5 aromatic rings. The predicted molar refractivity (Wildman–Crippen MR) is 127 cm³/mol. The number of rotatable bonds is 3. The summed E-state index contributed by atoms with van der Waals surface area (Å²) in [5, 5.41) is 0. The molecule has 3 aromatic carbocycles. The van der Waals surface area contributed by atoms with Crippen LogP contribution in [0.5, 0.6) is 0 Å². The Morgan fingerprint density at radius 3 is 1.94 bits per heavy atom. The molecular weight excluding hydrogens is 626 g/mol. The first kappa shape index (κ1) is 26.0. The van der Waals surface area contributed by atoms with Crippen LogP contribution in [-0.2, 0) is 26.3 Å². The summed E-state index contributed by atoms with van der Waals surface area (Å²) in [6.45, 7) is 0. The van der Waals surface area contributed by atoms with Gasteiger partial charge in [-0.25, -0.2) is 0 Å². The fourth-order valence-corrected chi connectivity index (χ4v) is 3.21. The van der Waals surface area contributed by atoms with Crippen LogP contribution < -0.4 is 0 Å². The zero-order valence-corrected chi connectivity index (χ0v) is 20.7. The Hall–Kier alpha value is -3.60. The van der Waals surface area contributed by atoms with Crippen LogP contribution in [0.3, 0.4) is 0 Å². The molecule has 0 saturated heterocycles. The van der Waals surface area contributed by atoms with Gasteiger partial charge in [-0.05, 0) is 34.1 Å². The number of aromatic nitrogens is 2. The number of benzene rings is 3. The Labute approximate surface area is 215 Å². The standard InChI is InChI=1S/C18H11F3N.C11H8N.Ir/c19-18(20,21)16-8-4-7-14(11-16)17-10-9-15(12-22-17)13-5-2-1-3-6-13;1-2-6-10(7-3-1)11-8-4-5-9-12-11;/h1-10,12H;1-6,8-9H;/q2*-1;. The smallest absolute Gasteiger partial charge is 0.305 e. The van der Waals surface area contributed by atoms with Gasteiger partial charge < -0.3 is 9.97 Å². The van der Waals surface area contributed by atoms with Gasteiger partial charge in [0.1, 0.15) is 0 Å². The van der Waals surface area contributed by atoms with Crippen molar-refractivity contribution >= 4 is 0 Å². The molecule has 0 amide bonds. The van der Waals surface area contributed by atoms with Crippen LogP contribution in [0.15, 0.2) is 116 Å². The van der Waals surface area contributed by atoms with Gasteiger partial charge in [0.05, 0.1) is 0 Å². The molecular formula is C29H19F3IrN2-2. The van der Waals surface area contributed by atoms with E-state index in [4.69, 9.17) is 0 Å². The maximum Gasteiger partial charge on any atom is 0.399 e. The van der Waals surface area contributed by atoms with E-state index in [1.807, 2.05) is 78.9 Å². The maximum atomic E-state index is 12.7. The van der Waals surface area contributed by atoms with Crippen molar-refractivity contribution in [2.75, 3.05) is 0 Å². The molecule has 0 atom stereocenters. The van der Waals surface area contributed by atoms with E-state index in [1.165, 1.54) is 6.07 Å². The number of pyridine rings is 2. The molecule has 6 heteroatoms. The second-order valence-corrected chi connectivity index (χ2v) is 7.27. The van der Waals surface area contributed by atoms with Crippen LogP contribution in [0, 0.1) is 12.1 Å². The number of halogens is 3. The van der Waals surface area contributed by atoms with Gasteiger partial charge in [0.15, 0.2) is 0 Å². The van der Waals surface area contributed by atoms with E-state index in [1.54, 1.807) is 24.5 Å². The van der Waals surface area contributed by atoms with Crippen LogP contribution in [-0.4, -0.2) is 9.97 Å². The third-order valence-corrected chi connectivity index (χ3v) is 4.90. The minimum Gasteiger partial charge on any atom is -0.305 e. The number of nitrogens with zero attached hydrogens (tertiary/aromatic N) is 2. The molecule has 0 aliphatic carbocycles. The van der Waals surface area contributed by atoms with E-state index in [0.29, 0.717) is 11.3 Å². The third kappa shape index (κ3) is 7.19. The first-order valence-electron chi connectivity index (χ1n) is 10.5. The van der Waals surface area contributed by atoms with Gasteiger partial charge in [-0.1, -0.05) is 54.6 Å². The van der Waals surface area contributed by atoms with Crippen molar-refractivity contribution in [1.82, 2.24) is 9.97 Å². The van der Waals surface area contributed by atoms with Crippen molar-refractivity contribution in [3.05, 3.63) is 133 Å². The Morgan fingerprint density at radius 1 is 0.600 bits per heavy atom. The average molecular weight is 645 g/mol. The number of alkyl halides is 3. The summed E-state index contributed by atoms with van der Waals surface area (Å²) in [5.41, 5.74) is 3.93. The van der Waals surface area contributed by atoms with E-state index in [2.05, 4.69) is 22.1 Å². The molecule has 35 heavy (non-hydrogen) atoms. The molecule has 1 radical (unpaired) electrons. The van der Waals surface area contributed by atoms with Gasteiger partial charge in [-0.15, -0.1) is 65.7 Å². The Bertz CT molecular complexity index is 1270. The van der Waals surface area contributed by atoms with Gasteiger partial charge in [-0.2, -0.15) is 13.2 Å². The van der Waals surface area contributed by atoms with Crippen LogP contribution in [0.1, 0.15) is 5.56 Å². The molecule has 2 aromatic heterocycles. The number of hydrogen-bond donors (Lipinski definition) is 0. The molecule has 0 fully saturated rings. The molecule has 0 N–H and O–H groups in total. The van der Waals surface area contributed by atoms with Crippen molar-refractivity contribution in [3.63, 3.8) is 0 Å². The predicted octanol–water partition coefficient (Wildman–Crippen LogP) is 7.78. The molecule has 0 bridgehead atoms. The van der Waals surface area contributed by atoms with Crippen molar-refractivity contribution in [3.8, 4) is 33.6 Å². The molecule has 2 nitrogen and oxygen atoms in total. The molecule has 0 spiro atoms. The summed E-state index contributed by atoms with van der Waals surface area (Å²) < 4.78 is 38.2. The second kappa shape index (κ2) is 12.2. The monoisotopic (exact) mass is 645 g/mol. The first-order valence-corrected chi connectivity index (χ1v) is 10.5. The van der Waals surface area contributed by atoms with Gasteiger partial charge in [0, 0.05) is 32.5 Å². The molecule has 0 aliphatic heterocycles. The summed E-state index contributed by atoms with van der Waals surface area (Å²) in [6, 6.07) is 36.3. The van der Waals surface area contributed by atoms with Crippen molar-refractivity contribution in [2.45, 2.75) is 6.18 Å². The summed E-state index contributed by atoms with van der Waals surface area (Å²) in [6.07, 6.45) is -0.963. The zero-order chi connectivity index (χ0) is 23.8. The van der Waals surface area contributed by atoms with E-state index < -0.39 is 11.7 Å². The van der Waals surface area contributed by atoms with E-state index in [-0.39, 0.29) is 20.1 Å². The molecule has 0 unspecified atom stereocenters. The van der Waals surface area contributed by atoms with Gasteiger partial charge in [0.25, 0.3) is 0 Å². The van der Waals surface area contributed by atoms with Crippen molar-refractivity contribution in [1.29, 1.82) is 0 Å². The Kier molecular flexibility index (Phi) is 9.07. The van der Waals surface area contributed by atoms with E-state index in [0.717, 1.165) is 28.5 Å². The Balaban J connectivity index is 0.000000223. The molecule has 0 saturated carbocycles. The fraction of sp³-hybridized carbons (Fsp3) is 0.0345. The SMILES string of the molecule is FC(F)(F)c1[c-]c(-c2ccc(-c3ccccc3)cn2)ccc1.[Ir].[c-]1ccccc1-c1ccccn1. The molecule has 5 rings (SSSR count). The third-order valence-electron chi connectivity index (χ3n) is 4.90. The Morgan fingerprint density at radius 2 is 1.31 bits per heavy atom. The minimum atomic E-state index is -4.40. The van der Waals surface area contributed by atoms with Crippen LogP contribution in [0.4, 0.5) is 13.2 Å². The van der Waals surface area contributed by atoms with E-state index in [9.17, 15) is 13.2 Å². The average Bonchev–Trinajstić information content (AvgIpc) is 2.90. The minimum absolute atomic E-state index is 0. The van der Waals surface area contributed by atoms with Gasteiger partial charge in [0.2, 0.25) is 0 Å². The maximum absolute atomic E-state index is 12.7. The summed E-state index contributed by atoms with van der Waals surface area (Å²) in [4.78, 5) is 8.47. The quantitative estimate of drug-likeness (QED) is 0.188. The molecule has 177 valence electrons. The topological polar surface area (TPSA) is 25.8 Å². The van der Waals surface area contributed by atoms with Crippen molar-refractivity contribution < 1.29 is 33.3 Å². The van der Waals surface area contributed by atoms with Crippen molar-refractivity contribution in [2.24, 2.45) is 0 Å². The summed E-state index contributed by atoms with van der Waals surface area (Å²) in [7, 11) is 0. The summed E-state index contributed by atoms with van der Waals surface area (Å²) >= 11 is 0. The van der Waals surface area contributed by atoms with Crippen LogP contribution in [0.2, 0.25) is 0 Å².